The maximum atomic E-state index is 12.8. The summed E-state index contributed by atoms with van der Waals surface area (Å²) in [4.78, 5) is 24.8. The molecule has 0 aliphatic rings. The lowest BCUT2D eigenvalue weighted by atomic mass is 10.1. The molecule has 0 bridgehead atoms. The molecule has 0 spiro atoms. The Kier molecular flexibility index (Phi) is 6.98. The van der Waals surface area contributed by atoms with E-state index in [1.54, 1.807) is 60.7 Å². The standard InChI is InChI=1S/C26H23N3O5S/c1-18-6-2-10-22(14-18)29-35(32,33)23-11-4-8-20(16-23)25(30)27-17-19-7-3-9-21(15-19)28-26(31)24-12-5-13-34-24/h2-16,29H,17H2,1H3,(H,27,30)(H,28,31). The average molecular weight is 490 g/mol. The van der Waals surface area contributed by atoms with Gasteiger partial charge in [0.1, 0.15) is 0 Å². The van der Waals surface area contributed by atoms with Crippen molar-refractivity contribution in [3.05, 3.63) is 114 Å². The molecule has 8 nitrogen and oxygen atoms in total. The molecule has 1 heterocycles. The molecular weight excluding hydrogens is 466 g/mol. The minimum Gasteiger partial charge on any atom is -0.459 e. The second kappa shape index (κ2) is 10.3. The van der Waals surface area contributed by atoms with Crippen LogP contribution in [0.15, 0.2) is 101 Å². The quantitative estimate of drug-likeness (QED) is 0.335. The maximum Gasteiger partial charge on any atom is 0.291 e. The normalized spacial score (nSPS) is 11.0. The van der Waals surface area contributed by atoms with E-state index in [0.717, 1.165) is 11.1 Å². The SMILES string of the molecule is Cc1cccc(NS(=O)(=O)c2cccc(C(=O)NCc3cccc(NC(=O)c4ccco4)c3)c2)c1. The van der Waals surface area contributed by atoms with Crippen molar-refractivity contribution in [1.29, 1.82) is 0 Å². The zero-order valence-corrected chi connectivity index (χ0v) is 19.6. The van der Waals surface area contributed by atoms with E-state index in [4.69, 9.17) is 4.42 Å². The molecule has 4 aromatic rings. The van der Waals surface area contributed by atoms with E-state index in [-0.39, 0.29) is 28.7 Å². The highest BCUT2D eigenvalue weighted by Gasteiger charge is 2.17. The van der Waals surface area contributed by atoms with Crippen LogP contribution in [-0.4, -0.2) is 20.2 Å². The second-order valence-corrected chi connectivity index (χ2v) is 9.50. The Morgan fingerprint density at radius 3 is 2.37 bits per heavy atom. The fraction of sp³-hybridized carbons (Fsp3) is 0.0769. The highest BCUT2D eigenvalue weighted by Crippen LogP contribution is 2.18. The molecule has 0 saturated carbocycles. The number of hydrogen-bond donors (Lipinski definition) is 3. The van der Waals surface area contributed by atoms with Crippen molar-refractivity contribution in [3.8, 4) is 0 Å². The average Bonchev–Trinajstić information content (AvgIpc) is 3.38. The molecule has 9 heteroatoms. The van der Waals surface area contributed by atoms with Crippen molar-refractivity contribution in [2.45, 2.75) is 18.4 Å². The molecule has 0 fully saturated rings. The van der Waals surface area contributed by atoms with E-state index in [0.29, 0.717) is 11.4 Å². The lowest BCUT2D eigenvalue weighted by Crippen LogP contribution is -2.23. The van der Waals surface area contributed by atoms with Crippen LogP contribution in [-0.2, 0) is 16.6 Å². The largest absolute Gasteiger partial charge is 0.459 e. The number of hydrogen-bond acceptors (Lipinski definition) is 5. The molecule has 0 saturated heterocycles. The predicted octanol–water partition coefficient (Wildman–Crippen LogP) is 4.57. The molecule has 3 N–H and O–H groups in total. The van der Waals surface area contributed by atoms with Gasteiger partial charge in [0.05, 0.1) is 11.2 Å². The van der Waals surface area contributed by atoms with Crippen LogP contribution in [0.25, 0.3) is 0 Å². The Hall–Kier alpha value is -4.37. The molecular formula is C26H23N3O5S. The van der Waals surface area contributed by atoms with Gasteiger partial charge in [-0.15, -0.1) is 0 Å². The molecule has 2 amide bonds. The van der Waals surface area contributed by atoms with E-state index < -0.39 is 15.9 Å². The van der Waals surface area contributed by atoms with Crippen LogP contribution in [0.1, 0.15) is 32.0 Å². The summed E-state index contributed by atoms with van der Waals surface area (Å²) < 4.78 is 33.2. The highest BCUT2D eigenvalue weighted by molar-refractivity contribution is 7.92. The van der Waals surface area contributed by atoms with E-state index in [2.05, 4.69) is 15.4 Å². The van der Waals surface area contributed by atoms with Gasteiger partial charge in [-0.3, -0.25) is 14.3 Å². The van der Waals surface area contributed by atoms with Crippen LogP contribution in [0.5, 0.6) is 0 Å². The first-order chi connectivity index (χ1) is 16.8. The molecule has 178 valence electrons. The summed E-state index contributed by atoms with van der Waals surface area (Å²) in [5.74, 6) is -0.619. The predicted molar refractivity (Wildman–Crippen MR) is 133 cm³/mol. The van der Waals surface area contributed by atoms with Crippen LogP contribution < -0.4 is 15.4 Å². The Morgan fingerprint density at radius 1 is 0.829 bits per heavy atom. The minimum atomic E-state index is -3.87. The van der Waals surface area contributed by atoms with Crippen LogP contribution in [0.2, 0.25) is 0 Å². The summed E-state index contributed by atoms with van der Waals surface area (Å²) in [6.07, 6.45) is 1.42. The van der Waals surface area contributed by atoms with Gasteiger partial charge in [-0.1, -0.05) is 30.3 Å². The van der Waals surface area contributed by atoms with Crippen molar-refractivity contribution < 1.29 is 22.4 Å². The fourth-order valence-corrected chi connectivity index (χ4v) is 4.47. The van der Waals surface area contributed by atoms with E-state index in [1.807, 2.05) is 13.0 Å². The van der Waals surface area contributed by atoms with Gasteiger partial charge in [-0.25, -0.2) is 8.42 Å². The number of anilines is 2. The summed E-state index contributed by atoms with van der Waals surface area (Å²) in [5.41, 5.74) is 2.87. The van der Waals surface area contributed by atoms with Gasteiger partial charge in [0.25, 0.3) is 21.8 Å². The van der Waals surface area contributed by atoms with Gasteiger partial charge < -0.3 is 15.1 Å². The number of nitrogens with one attached hydrogen (secondary N) is 3. The van der Waals surface area contributed by atoms with Gasteiger partial charge >= 0.3 is 0 Å². The lowest BCUT2D eigenvalue weighted by molar-refractivity contribution is 0.0949. The molecule has 35 heavy (non-hydrogen) atoms. The van der Waals surface area contributed by atoms with Crippen molar-refractivity contribution in [3.63, 3.8) is 0 Å². The summed E-state index contributed by atoms with van der Waals surface area (Å²) in [5, 5.41) is 5.51. The fourth-order valence-electron chi connectivity index (χ4n) is 3.37. The molecule has 4 rings (SSSR count). The number of amides is 2. The van der Waals surface area contributed by atoms with Crippen LogP contribution >= 0.6 is 0 Å². The molecule has 0 aliphatic heterocycles. The van der Waals surface area contributed by atoms with Crippen molar-refractivity contribution in [2.75, 3.05) is 10.0 Å². The summed E-state index contributed by atoms with van der Waals surface area (Å²) >= 11 is 0. The zero-order valence-electron chi connectivity index (χ0n) is 18.8. The molecule has 0 aliphatic carbocycles. The van der Waals surface area contributed by atoms with Crippen molar-refractivity contribution in [2.24, 2.45) is 0 Å². The van der Waals surface area contributed by atoms with Crippen molar-refractivity contribution >= 4 is 33.2 Å². The monoisotopic (exact) mass is 489 g/mol. The highest BCUT2D eigenvalue weighted by atomic mass is 32.2. The number of aryl methyl sites for hydroxylation is 1. The molecule has 1 aromatic heterocycles. The number of benzene rings is 3. The topological polar surface area (TPSA) is 118 Å². The van der Waals surface area contributed by atoms with Gasteiger partial charge in [0, 0.05) is 23.5 Å². The van der Waals surface area contributed by atoms with E-state index in [1.165, 1.54) is 24.5 Å². The Balaban J connectivity index is 1.41. The van der Waals surface area contributed by atoms with Gasteiger partial charge in [-0.05, 0) is 72.6 Å². The van der Waals surface area contributed by atoms with Crippen molar-refractivity contribution in [1.82, 2.24) is 5.32 Å². The second-order valence-electron chi connectivity index (χ2n) is 7.82. The lowest BCUT2D eigenvalue weighted by Gasteiger charge is -2.11. The third-order valence-corrected chi connectivity index (χ3v) is 6.44. The Morgan fingerprint density at radius 2 is 1.60 bits per heavy atom. The smallest absolute Gasteiger partial charge is 0.291 e. The number of sulfonamides is 1. The maximum absolute atomic E-state index is 12.8. The first kappa shape index (κ1) is 23.8. The summed E-state index contributed by atoms with van der Waals surface area (Å²) in [6.45, 7) is 2.05. The Bertz CT molecular complexity index is 1460. The number of furan rings is 1. The molecule has 0 radical (unpaired) electrons. The number of carbonyl (C=O) groups is 2. The van der Waals surface area contributed by atoms with Gasteiger partial charge in [0.15, 0.2) is 5.76 Å². The summed E-state index contributed by atoms with van der Waals surface area (Å²) in [7, 11) is -3.87. The van der Waals surface area contributed by atoms with Gasteiger partial charge in [-0.2, -0.15) is 0 Å². The molecule has 0 unspecified atom stereocenters. The van der Waals surface area contributed by atoms with Crippen LogP contribution in [0.3, 0.4) is 0 Å². The molecule has 3 aromatic carbocycles. The number of rotatable bonds is 8. The first-order valence-electron chi connectivity index (χ1n) is 10.7. The van der Waals surface area contributed by atoms with Crippen LogP contribution in [0, 0.1) is 6.92 Å². The summed E-state index contributed by atoms with van der Waals surface area (Å²) in [6, 6.07) is 23.0. The third-order valence-electron chi connectivity index (χ3n) is 5.06. The van der Waals surface area contributed by atoms with E-state index in [9.17, 15) is 18.0 Å². The number of carbonyl (C=O) groups excluding carboxylic acids is 2. The zero-order chi connectivity index (χ0) is 24.8. The van der Waals surface area contributed by atoms with Crippen LogP contribution in [0.4, 0.5) is 11.4 Å². The minimum absolute atomic E-state index is 0.0192. The van der Waals surface area contributed by atoms with E-state index >= 15 is 0 Å². The third kappa shape index (κ3) is 6.15. The first-order valence-corrected chi connectivity index (χ1v) is 12.2. The molecule has 0 atom stereocenters. The Labute approximate surface area is 203 Å². The van der Waals surface area contributed by atoms with Gasteiger partial charge in [0.2, 0.25) is 0 Å².